The number of carbonyl (C=O) groups is 2. The normalized spacial score (nSPS) is 24.6. The highest BCUT2D eigenvalue weighted by molar-refractivity contribution is 5.79. The van der Waals surface area contributed by atoms with E-state index in [9.17, 15) is 9.59 Å². The van der Waals surface area contributed by atoms with Gasteiger partial charge in [-0.1, -0.05) is 19.9 Å². The van der Waals surface area contributed by atoms with Gasteiger partial charge in [0.1, 0.15) is 5.66 Å². The highest BCUT2D eigenvalue weighted by Crippen LogP contribution is 2.31. The molecular weight excluding hydrogens is 204 g/mol. The maximum absolute atomic E-state index is 12.0. The molecule has 1 fully saturated rings. The van der Waals surface area contributed by atoms with E-state index in [0.29, 0.717) is 19.4 Å². The Bertz CT molecular complexity index is 277. The predicted molar refractivity (Wildman–Crippen MR) is 62.5 cm³/mol. The maximum Gasteiger partial charge on any atom is 0.226 e. The van der Waals surface area contributed by atoms with E-state index in [1.807, 2.05) is 13.8 Å². The second kappa shape index (κ2) is 5.14. The van der Waals surface area contributed by atoms with Crippen LogP contribution in [0, 0.1) is 5.92 Å². The molecule has 0 spiro atoms. The topological polar surface area (TPSA) is 49.4 Å². The van der Waals surface area contributed by atoms with E-state index in [1.165, 1.54) is 0 Å². The fraction of sp³-hybridized carbons (Fsp3) is 0.667. The molecule has 1 aliphatic rings. The Labute approximate surface area is 96.7 Å². The lowest BCUT2D eigenvalue weighted by Crippen LogP contribution is -2.57. The molecule has 0 radical (unpaired) electrons. The van der Waals surface area contributed by atoms with Gasteiger partial charge < -0.3 is 10.2 Å². The minimum Gasteiger partial charge on any atom is -0.336 e. The average molecular weight is 224 g/mol. The molecule has 0 aromatic carbocycles. The van der Waals surface area contributed by atoms with E-state index < -0.39 is 5.66 Å². The first-order chi connectivity index (χ1) is 7.57. The molecule has 0 aliphatic carbocycles. The molecule has 1 N–H and O–H groups in total. The Hall–Kier alpha value is -1.32. The average Bonchev–Trinajstić information content (AvgIpc) is 2.61. The Balaban J connectivity index is 2.92. The first-order valence-electron chi connectivity index (χ1n) is 5.71. The van der Waals surface area contributed by atoms with Crippen LogP contribution in [0.4, 0.5) is 0 Å². The van der Waals surface area contributed by atoms with Crippen LogP contribution < -0.4 is 5.32 Å². The minimum atomic E-state index is -0.537. The molecule has 4 heteroatoms. The summed E-state index contributed by atoms with van der Waals surface area (Å²) in [5, 5.41) is 2.80. The molecule has 0 unspecified atom stereocenters. The molecule has 1 atom stereocenters. The standard InChI is InChI=1S/C12H20N2O2/c1-4-6-12(13-9-15)7-5-8-14(12)11(16)10(2)3/h4,9-10H,1,5-8H2,2-3H3,(H,13,15)/t12-/m0/s1. The van der Waals surface area contributed by atoms with Crippen molar-refractivity contribution in [2.75, 3.05) is 6.54 Å². The fourth-order valence-corrected chi connectivity index (χ4v) is 2.28. The van der Waals surface area contributed by atoms with Crippen molar-refractivity contribution in [2.24, 2.45) is 5.92 Å². The van der Waals surface area contributed by atoms with Crippen molar-refractivity contribution in [1.82, 2.24) is 10.2 Å². The number of nitrogens with zero attached hydrogens (tertiary/aromatic N) is 1. The molecule has 4 nitrogen and oxygen atoms in total. The highest BCUT2D eigenvalue weighted by atomic mass is 16.2. The Kier molecular flexibility index (Phi) is 4.10. The third kappa shape index (κ3) is 2.26. The summed E-state index contributed by atoms with van der Waals surface area (Å²) in [7, 11) is 0. The molecule has 2 amide bonds. The largest absolute Gasteiger partial charge is 0.336 e. The maximum atomic E-state index is 12.0. The minimum absolute atomic E-state index is 0.0456. The summed E-state index contributed by atoms with van der Waals surface area (Å²) in [6.45, 7) is 8.16. The van der Waals surface area contributed by atoms with E-state index in [2.05, 4.69) is 11.9 Å². The fourth-order valence-electron chi connectivity index (χ4n) is 2.28. The summed E-state index contributed by atoms with van der Waals surface area (Å²) in [5.41, 5.74) is -0.537. The van der Waals surface area contributed by atoms with Gasteiger partial charge in [0, 0.05) is 18.9 Å². The lowest BCUT2D eigenvalue weighted by molar-refractivity contribution is -0.140. The van der Waals surface area contributed by atoms with Crippen molar-refractivity contribution in [2.45, 2.75) is 38.8 Å². The molecule has 0 bridgehead atoms. The first kappa shape index (κ1) is 12.7. The number of hydrogen-bond donors (Lipinski definition) is 1. The van der Waals surface area contributed by atoms with E-state index in [4.69, 9.17) is 0 Å². The lowest BCUT2D eigenvalue weighted by atomic mass is 10.0. The van der Waals surface area contributed by atoms with Gasteiger partial charge in [0.25, 0.3) is 0 Å². The van der Waals surface area contributed by atoms with Gasteiger partial charge in [-0.15, -0.1) is 6.58 Å². The Morgan fingerprint density at radius 1 is 1.62 bits per heavy atom. The van der Waals surface area contributed by atoms with Crippen LogP contribution >= 0.6 is 0 Å². The van der Waals surface area contributed by atoms with Crippen LogP contribution in [0.2, 0.25) is 0 Å². The van der Waals surface area contributed by atoms with Crippen LogP contribution in [0.1, 0.15) is 33.1 Å². The number of amides is 2. The van der Waals surface area contributed by atoms with Crippen LogP contribution in [0.25, 0.3) is 0 Å². The van der Waals surface area contributed by atoms with Crippen molar-refractivity contribution in [3.05, 3.63) is 12.7 Å². The molecule has 1 saturated heterocycles. The van der Waals surface area contributed by atoms with Crippen LogP contribution in [-0.2, 0) is 9.59 Å². The van der Waals surface area contributed by atoms with Crippen LogP contribution in [0.5, 0.6) is 0 Å². The number of nitrogens with one attached hydrogen (secondary N) is 1. The zero-order chi connectivity index (χ0) is 12.2. The lowest BCUT2D eigenvalue weighted by Gasteiger charge is -2.38. The molecule has 1 rings (SSSR count). The van der Waals surface area contributed by atoms with E-state index >= 15 is 0 Å². The van der Waals surface area contributed by atoms with Crippen LogP contribution in [0.15, 0.2) is 12.7 Å². The third-order valence-corrected chi connectivity index (χ3v) is 3.06. The zero-order valence-corrected chi connectivity index (χ0v) is 10.0. The van der Waals surface area contributed by atoms with Gasteiger partial charge in [-0.05, 0) is 12.8 Å². The van der Waals surface area contributed by atoms with Gasteiger partial charge in [-0.3, -0.25) is 9.59 Å². The quantitative estimate of drug-likeness (QED) is 0.565. The van der Waals surface area contributed by atoms with Crippen molar-refractivity contribution < 1.29 is 9.59 Å². The van der Waals surface area contributed by atoms with Crippen molar-refractivity contribution in [1.29, 1.82) is 0 Å². The van der Waals surface area contributed by atoms with Crippen molar-refractivity contribution in [3.63, 3.8) is 0 Å². The van der Waals surface area contributed by atoms with Gasteiger partial charge in [0.05, 0.1) is 0 Å². The van der Waals surface area contributed by atoms with Crippen LogP contribution in [-0.4, -0.2) is 29.4 Å². The van der Waals surface area contributed by atoms with Gasteiger partial charge in [-0.2, -0.15) is 0 Å². The highest BCUT2D eigenvalue weighted by Gasteiger charge is 2.42. The molecule has 16 heavy (non-hydrogen) atoms. The van der Waals surface area contributed by atoms with Gasteiger partial charge in [0.2, 0.25) is 12.3 Å². The molecule has 0 saturated carbocycles. The summed E-state index contributed by atoms with van der Waals surface area (Å²) in [6.07, 6.45) is 4.76. The van der Waals surface area contributed by atoms with Gasteiger partial charge >= 0.3 is 0 Å². The summed E-state index contributed by atoms with van der Waals surface area (Å²) in [6, 6.07) is 0. The monoisotopic (exact) mass is 224 g/mol. The third-order valence-electron chi connectivity index (χ3n) is 3.06. The molecule has 1 heterocycles. The number of carbonyl (C=O) groups excluding carboxylic acids is 2. The van der Waals surface area contributed by atoms with E-state index in [-0.39, 0.29) is 11.8 Å². The van der Waals surface area contributed by atoms with Gasteiger partial charge in [-0.25, -0.2) is 0 Å². The second-order valence-electron chi connectivity index (χ2n) is 4.53. The summed E-state index contributed by atoms with van der Waals surface area (Å²) < 4.78 is 0. The summed E-state index contributed by atoms with van der Waals surface area (Å²) in [5.74, 6) is 0.0458. The van der Waals surface area contributed by atoms with Crippen molar-refractivity contribution >= 4 is 12.3 Å². The molecule has 1 aliphatic heterocycles. The smallest absolute Gasteiger partial charge is 0.226 e. The van der Waals surface area contributed by atoms with Gasteiger partial charge in [0.15, 0.2) is 0 Å². The Morgan fingerprint density at radius 3 is 2.81 bits per heavy atom. The number of hydrogen-bond acceptors (Lipinski definition) is 2. The summed E-state index contributed by atoms with van der Waals surface area (Å²) in [4.78, 5) is 24.5. The molecule has 90 valence electrons. The predicted octanol–water partition coefficient (Wildman–Crippen LogP) is 1.28. The SMILES string of the molecule is C=CC[C@@]1(NC=O)CCCN1C(=O)C(C)C. The van der Waals surface area contributed by atoms with E-state index in [0.717, 1.165) is 12.8 Å². The number of likely N-dealkylation sites (tertiary alicyclic amines) is 1. The zero-order valence-electron chi connectivity index (χ0n) is 10.0. The number of rotatable bonds is 5. The van der Waals surface area contributed by atoms with Crippen LogP contribution in [0.3, 0.4) is 0 Å². The Morgan fingerprint density at radius 2 is 2.31 bits per heavy atom. The summed E-state index contributed by atoms with van der Waals surface area (Å²) >= 11 is 0. The van der Waals surface area contributed by atoms with Crippen molar-refractivity contribution in [3.8, 4) is 0 Å². The second-order valence-corrected chi connectivity index (χ2v) is 4.53. The molecular formula is C12H20N2O2. The molecule has 0 aromatic heterocycles. The van der Waals surface area contributed by atoms with E-state index in [1.54, 1.807) is 11.0 Å². The molecule has 0 aromatic rings. The first-order valence-corrected chi connectivity index (χ1v) is 5.71.